The Kier molecular flexibility index (Phi) is 3.45. The first-order chi connectivity index (χ1) is 10.5. The molecule has 0 spiro atoms. The van der Waals surface area contributed by atoms with Crippen molar-refractivity contribution in [2.45, 2.75) is 26.7 Å². The van der Waals surface area contributed by atoms with Crippen LogP contribution in [0.4, 0.5) is 0 Å². The Morgan fingerprint density at radius 2 is 1.86 bits per heavy atom. The number of fused-ring (bicyclic) bond motifs is 2. The Labute approximate surface area is 127 Å². The zero-order valence-electron chi connectivity index (χ0n) is 12.5. The minimum atomic E-state index is -1.06. The zero-order valence-corrected chi connectivity index (χ0v) is 12.5. The van der Waals surface area contributed by atoms with Crippen LogP contribution in [0.5, 0.6) is 0 Å². The molecule has 3 rings (SSSR count). The van der Waals surface area contributed by atoms with Crippen LogP contribution in [0.3, 0.4) is 0 Å². The maximum Gasteiger partial charge on any atom is 0.335 e. The molecule has 4 heteroatoms. The molecule has 0 bridgehead atoms. The summed E-state index contributed by atoms with van der Waals surface area (Å²) in [5.41, 5.74) is 2.99. The van der Waals surface area contributed by atoms with Gasteiger partial charge in [0.25, 0.3) is 0 Å². The van der Waals surface area contributed by atoms with E-state index < -0.39 is 5.97 Å². The topological polar surface area (TPSA) is 67.5 Å². The van der Waals surface area contributed by atoms with Crippen molar-refractivity contribution in [1.29, 1.82) is 0 Å². The normalized spacial score (nSPS) is 11.2. The summed E-state index contributed by atoms with van der Waals surface area (Å²) < 4.78 is 5.89. The summed E-state index contributed by atoms with van der Waals surface area (Å²) in [7, 11) is 0. The van der Waals surface area contributed by atoms with Crippen molar-refractivity contribution < 1.29 is 14.3 Å². The summed E-state index contributed by atoms with van der Waals surface area (Å²) in [5.74, 6) is -1.06. The summed E-state index contributed by atoms with van der Waals surface area (Å²) in [5, 5.41) is 9.91. The lowest BCUT2D eigenvalue weighted by atomic mass is 10.0. The van der Waals surface area contributed by atoms with Gasteiger partial charge in [-0.3, -0.25) is 4.79 Å². The van der Waals surface area contributed by atoms with Crippen molar-refractivity contribution in [3.8, 4) is 0 Å². The Hall–Kier alpha value is -2.62. The van der Waals surface area contributed by atoms with Crippen LogP contribution in [0.25, 0.3) is 21.9 Å². The lowest BCUT2D eigenvalue weighted by Crippen LogP contribution is -2.06. The van der Waals surface area contributed by atoms with Crippen molar-refractivity contribution in [3.05, 3.63) is 57.2 Å². The molecule has 2 aromatic carbocycles. The molecule has 0 amide bonds. The highest BCUT2D eigenvalue weighted by atomic mass is 16.4. The lowest BCUT2D eigenvalue weighted by molar-refractivity contribution is 0.0697. The van der Waals surface area contributed by atoms with E-state index in [4.69, 9.17) is 9.52 Å². The molecule has 0 radical (unpaired) electrons. The van der Waals surface area contributed by atoms with Crippen molar-refractivity contribution in [2.24, 2.45) is 0 Å². The van der Waals surface area contributed by atoms with Gasteiger partial charge < -0.3 is 9.52 Å². The zero-order chi connectivity index (χ0) is 15.9. The average molecular weight is 296 g/mol. The number of carboxylic acids is 1. The van der Waals surface area contributed by atoms with Gasteiger partial charge in [0.2, 0.25) is 5.43 Å². The Morgan fingerprint density at radius 3 is 2.50 bits per heavy atom. The van der Waals surface area contributed by atoms with E-state index in [1.165, 1.54) is 12.1 Å². The average Bonchev–Trinajstić information content (AvgIpc) is 2.54. The van der Waals surface area contributed by atoms with E-state index in [2.05, 4.69) is 6.07 Å². The van der Waals surface area contributed by atoms with E-state index in [0.717, 1.165) is 24.0 Å². The fourth-order valence-corrected chi connectivity index (χ4v) is 2.70. The Morgan fingerprint density at radius 1 is 1.09 bits per heavy atom. The van der Waals surface area contributed by atoms with E-state index in [-0.39, 0.29) is 11.0 Å². The number of hydrogen-bond donors (Lipinski definition) is 1. The summed E-state index contributed by atoms with van der Waals surface area (Å²) in [6.07, 6.45) is 1.60. The number of aromatic carboxylic acids is 1. The number of rotatable bonds is 3. The maximum absolute atomic E-state index is 12.7. The molecule has 0 saturated heterocycles. The summed E-state index contributed by atoms with van der Waals surface area (Å²) in [6.45, 7) is 4.05. The van der Waals surface area contributed by atoms with E-state index >= 15 is 0 Å². The van der Waals surface area contributed by atoms with Gasteiger partial charge >= 0.3 is 5.97 Å². The van der Waals surface area contributed by atoms with Gasteiger partial charge in [-0.1, -0.05) is 19.9 Å². The molecule has 0 atom stereocenters. The van der Waals surface area contributed by atoms with E-state index in [9.17, 15) is 9.59 Å². The van der Waals surface area contributed by atoms with E-state index in [0.29, 0.717) is 21.9 Å². The van der Waals surface area contributed by atoms with Crippen LogP contribution in [0, 0.1) is 0 Å². The molecule has 0 fully saturated rings. The number of carbonyl (C=O) groups is 1. The molecule has 0 aliphatic rings. The largest absolute Gasteiger partial charge is 0.478 e. The third-order valence-electron chi connectivity index (χ3n) is 3.94. The molecule has 4 nitrogen and oxygen atoms in total. The molecule has 0 unspecified atom stereocenters. The highest BCUT2D eigenvalue weighted by molar-refractivity contribution is 5.96. The van der Waals surface area contributed by atoms with Gasteiger partial charge in [0, 0.05) is 0 Å². The molecular formula is C18H16O4. The van der Waals surface area contributed by atoms with Crippen LogP contribution in [0.15, 0.2) is 39.5 Å². The molecule has 3 aromatic rings. The van der Waals surface area contributed by atoms with E-state index in [1.807, 2.05) is 19.9 Å². The monoisotopic (exact) mass is 296 g/mol. The van der Waals surface area contributed by atoms with Crippen LogP contribution < -0.4 is 5.43 Å². The van der Waals surface area contributed by atoms with Crippen molar-refractivity contribution in [3.63, 3.8) is 0 Å². The fourth-order valence-electron chi connectivity index (χ4n) is 2.70. The van der Waals surface area contributed by atoms with Crippen molar-refractivity contribution >= 4 is 27.9 Å². The molecule has 1 aromatic heterocycles. The minimum absolute atomic E-state index is 0.0847. The predicted octanol–water partition coefficient (Wildman–Crippen LogP) is 3.77. The highest BCUT2D eigenvalue weighted by Gasteiger charge is 2.13. The quantitative estimate of drug-likeness (QED) is 0.747. The second-order valence-corrected chi connectivity index (χ2v) is 5.29. The SMILES string of the molecule is CCc1cc(CC)c2oc3ccc(C(=O)O)cc3c(=O)c2c1. The van der Waals surface area contributed by atoms with Gasteiger partial charge in [-0.15, -0.1) is 0 Å². The molecule has 0 aliphatic carbocycles. The van der Waals surface area contributed by atoms with Gasteiger partial charge in [0.1, 0.15) is 11.2 Å². The van der Waals surface area contributed by atoms with Crippen LogP contribution in [0.1, 0.15) is 35.3 Å². The smallest absolute Gasteiger partial charge is 0.335 e. The molecule has 0 aliphatic heterocycles. The van der Waals surface area contributed by atoms with Crippen LogP contribution in [0.2, 0.25) is 0 Å². The fraction of sp³-hybridized carbons (Fsp3) is 0.222. The summed E-state index contributed by atoms with van der Waals surface area (Å²) >= 11 is 0. The van der Waals surface area contributed by atoms with Gasteiger partial charge in [-0.25, -0.2) is 4.79 Å². The Balaban J connectivity index is 2.46. The van der Waals surface area contributed by atoms with Gasteiger partial charge in [0.15, 0.2) is 0 Å². The molecule has 1 heterocycles. The number of aryl methyl sites for hydroxylation is 2. The van der Waals surface area contributed by atoms with Crippen molar-refractivity contribution in [2.75, 3.05) is 0 Å². The molecule has 0 saturated carbocycles. The maximum atomic E-state index is 12.7. The van der Waals surface area contributed by atoms with Crippen LogP contribution >= 0.6 is 0 Å². The number of benzene rings is 2. The molecule has 112 valence electrons. The summed E-state index contributed by atoms with van der Waals surface area (Å²) in [6, 6.07) is 8.28. The van der Waals surface area contributed by atoms with E-state index in [1.54, 1.807) is 6.07 Å². The second kappa shape index (κ2) is 5.30. The number of hydrogen-bond acceptors (Lipinski definition) is 3. The predicted molar refractivity (Wildman–Crippen MR) is 85.7 cm³/mol. The molecular weight excluding hydrogens is 280 g/mol. The first-order valence-corrected chi connectivity index (χ1v) is 7.30. The first kappa shape index (κ1) is 14.3. The highest BCUT2D eigenvalue weighted by Crippen LogP contribution is 2.25. The molecule has 1 N–H and O–H groups in total. The second-order valence-electron chi connectivity index (χ2n) is 5.29. The number of carboxylic acid groups (broad SMARTS) is 1. The Bertz CT molecular complexity index is 951. The lowest BCUT2D eigenvalue weighted by Gasteiger charge is -2.08. The standard InChI is InChI=1S/C18H16O4/c1-3-10-7-11(4-2)17-14(8-10)16(19)13-9-12(18(20)21)5-6-15(13)22-17/h5-9H,3-4H2,1-2H3,(H,20,21). The summed E-state index contributed by atoms with van der Waals surface area (Å²) in [4.78, 5) is 23.8. The third-order valence-corrected chi connectivity index (χ3v) is 3.94. The minimum Gasteiger partial charge on any atom is -0.478 e. The van der Waals surface area contributed by atoms with Gasteiger partial charge in [-0.2, -0.15) is 0 Å². The van der Waals surface area contributed by atoms with Crippen LogP contribution in [-0.4, -0.2) is 11.1 Å². The van der Waals surface area contributed by atoms with Crippen LogP contribution in [-0.2, 0) is 12.8 Å². The molecule has 22 heavy (non-hydrogen) atoms. The third kappa shape index (κ3) is 2.17. The van der Waals surface area contributed by atoms with Gasteiger partial charge in [-0.05, 0) is 48.2 Å². The van der Waals surface area contributed by atoms with Gasteiger partial charge in [0.05, 0.1) is 16.3 Å². The van der Waals surface area contributed by atoms with Crippen molar-refractivity contribution in [1.82, 2.24) is 0 Å². The first-order valence-electron chi connectivity index (χ1n) is 7.30.